The van der Waals surface area contributed by atoms with Gasteiger partial charge in [0.05, 0.1) is 11.7 Å². The molecule has 6 aliphatic rings. The first-order valence-corrected chi connectivity index (χ1v) is 13.5. The fraction of sp³-hybridized carbons (Fsp3) is 0.929. The van der Waals surface area contributed by atoms with Gasteiger partial charge in [0.25, 0.3) is 0 Å². The Hall–Kier alpha value is -0.340. The molecule has 1 spiro atoms. The maximum atomic E-state index is 7.04. The maximum Gasteiger partial charge on any atom is 0.0765 e. The van der Waals surface area contributed by atoms with Crippen LogP contribution in [0.15, 0.2) is 11.1 Å². The molecule has 0 radical (unpaired) electrons. The van der Waals surface area contributed by atoms with Gasteiger partial charge in [-0.3, -0.25) is 0 Å². The Kier molecular flexibility index (Phi) is 4.78. The molecule has 30 heavy (non-hydrogen) atoms. The second kappa shape index (κ2) is 7.08. The van der Waals surface area contributed by atoms with E-state index < -0.39 is 0 Å². The van der Waals surface area contributed by atoms with E-state index in [4.69, 9.17) is 4.74 Å². The molecule has 2 heterocycles. The third-order valence-corrected chi connectivity index (χ3v) is 11.6. The molecule has 0 aromatic carbocycles. The SMILES string of the molecule is CC1=C2CC3[C@@H](CC[C@@H]4CCCC[C@]34C)C2CC[C@@]2(C1)O[C@@H]1C[C@H](C)CN[C@H]1[C@H]2C. The van der Waals surface area contributed by atoms with Gasteiger partial charge in [-0.25, -0.2) is 0 Å². The van der Waals surface area contributed by atoms with Crippen LogP contribution in [0.1, 0.15) is 98.3 Å². The van der Waals surface area contributed by atoms with Crippen LogP contribution in [-0.2, 0) is 4.74 Å². The molecule has 2 saturated heterocycles. The number of ether oxygens (including phenoxy) is 1. The predicted octanol–water partition coefficient (Wildman–Crippen LogP) is 6.50. The van der Waals surface area contributed by atoms with E-state index in [0.717, 1.165) is 29.6 Å². The van der Waals surface area contributed by atoms with Crippen LogP contribution in [0.25, 0.3) is 0 Å². The van der Waals surface area contributed by atoms with Crippen LogP contribution in [0.2, 0.25) is 0 Å². The van der Waals surface area contributed by atoms with Crippen molar-refractivity contribution in [3.63, 3.8) is 0 Å². The average molecular weight is 412 g/mol. The molecule has 3 saturated carbocycles. The Balaban J connectivity index is 1.28. The highest BCUT2D eigenvalue weighted by Gasteiger charge is 2.58. The van der Waals surface area contributed by atoms with Gasteiger partial charge in [-0.2, -0.15) is 0 Å². The quantitative estimate of drug-likeness (QED) is 0.459. The number of rotatable bonds is 0. The minimum atomic E-state index is 0.106. The lowest BCUT2D eigenvalue weighted by atomic mass is 9.52. The van der Waals surface area contributed by atoms with E-state index in [9.17, 15) is 0 Å². The zero-order valence-corrected chi connectivity index (χ0v) is 20.0. The lowest BCUT2D eigenvalue weighted by molar-refractivity contribution is -0.0742. The molecule has 2 unspecified atom stereocenters. The minimum absolute atomic E-state index is 0.106. The fourth-order valence-corrected chi connectivity index (χ4v) is 9.86. The lowest BCUT2D eigenvalue weighted by Crippen LogP contribution is -2.48. The minimum Gasteiger partial charge on any atom is -0.369 e. The van der Waals surface area contributed by atoms with Crippen molar-refractivity contribution in [2.24, 2.45) is 40.9 Å². The van der Waals surface area contributed by atoms with Crippen molar-refractivity contribution in [3.8, 4) is 0 Å². The molecule has 10 atom stereocenters. The van der Waals surface area contributed by atoms with Crippen LogP contribution >= 0.6 is 0 Å². The van der Waals surface area contributed by atoms with E-state index >= 15 is 0 Å². The molecule has 2 heteroatoms. The van der Waals surface area contributed by atoms with Crippen molar-refractivity contribution in [1.82, 2.24) is 5.32 Å². The number of hydrogen-bond acceptors (Lipinski definition) is 2. The molecule has 0 bridgehead atoms. The van der Waals surface area contributed by atoms with E-state index in [1.807, 2.05) is 5.57 Å². The topological polar surface area (TPSA) is 21.3 Å². The third kappa shape index (κ3) is 2.81. The second-order valence-corrected chi connectivity index (χ2v) is 12.9. The van der Waals surface area contributed by atoms with Gasteiger partial charge in [0.2, 0.25) is 0 Å². The van der Waals surface area contributed by atoms with E-state index in [1.165, 1.54) is 77.2 Å². The fourth-order valence-electron chi connectivity index (χ4n) is 9.86. The summed E-state index contributed by atoms with van der Waals surface area (Å²) >= 11 is 0. The Bertz CT molecular complexity index is 728. The number of piperidine rings is 1. The summed E-state index contributed by atoms with van der Waals surface area (Å²) in [5, 5.41) is 3.88. The molecule has 0 aromatic rings. The molecule has 0 amide bonds. The summed E-state index contributed by atoms with van der Waals surface area (Å²) in [7, 11) is 0. The first-order valence-electron chi connectivity index (χ1n) is 13.5. The number of allylic oxidation sites excluding steroid dienone is 1. The highest BCUT2D eigenvalue weighted by Crippen LogP contribution is 2.65. The van der Waals surface area contributed by atoms with E-state index in [-0.39, 0.29) is 5.60 Å². The predicted molar refractivity (Wildman–Crippen MR) is 123 cm³/mol. The van der Waals surface area contributed by atoms with Crippen LogP contribution in [0, 0.1) is 40.9 Å². The molecule has 2 nitrogen and oxygen atoms in total. The molecule has 168 valence electrons. The Morgan fingerprint density at radius 2 is 1.90 bits per heavy atom. The van der Waals surface area contributed by atoms with E-state index in [2.05, 4.69) is 33.0 Å². The first-order chi connectivity index (χ1) is 14.4. The van der Waals surface area contributed by atoms with Crippen molar-refractivity contribution in [3.05, 3.63) is 11.1 Å². The zero-order chi connectivity index (χ0) is 20.7. The molecule has 5 fully saturated rings. The smallest absolute Gasteiger partial charge is 0.0765 e. The molecule has 4 aliphatic carbocycles. The van der Waals surface area contributed by atoms with Crippen LogP contribution in [-0.4, -0.2) is 24.3 Å². The van der Waals surface area contributed by atoms with E-state index in [1.54, 1.807) is 5.57 Å². The normalized spacial score (nSPS) is 55.6. The highest BCUT2D eigenvalue weighted by molar-refractivity contribution is 5.29. The summed E-state index contributed by atoms with van der Waals surface area (Å²) in [6.45, 7) is 11.3. The largest absolute Gasteiger partial charge is 0.369 e. The summed E-state index contributed by atoms with van der Waals surface area (Å²) < 4.78 is 7.04. The van der Waals surface area contributed by atoms with Gasteiger partial charge in [0.1, 0.15) is 0 Å². The van der Waals surface area contributed by atoms with Gasteiger partial charge in [0.15, 0.2) is 0 Å². The lowest BCUT2D eigenvalue weighted by Gasteiger charge is -2.52. The van der Waals surface area contributed by atoms with Crippen molar-refractivity contribution in [2.75, 3.05) is 6.54 Å². The first kappa shape index (κ1) is 20.3. The van der Waals surface area contributed by atoms with Crippen molar-refractivity contribution in [1.29, 1.82) is 0 Å². The van der Waals surface area contributed by atoms with Crippen LogP contribution in [0.4, 0.5) is 0 Å². The highest BCUT2D eigenvalue weighted by atomic mass is 16.5. The summed E-state index contributed by atoms with van der Waals surface area (Å²) in [4.78, 5) is 0. The number of fused-ring (bicyclic) bond motifs is 6. The monoisotopic (exact) mass is 411 g/mol. The van der Waals surface area contributed by atoms with E-state index in [0.29, 0.717) is 23.5 Å². The molecular weight excluding hydrogens is 366 g/mol. The second-order valence-electron chi connectivity index (χ2n) is 12.9. The van der Waals surface area contributed by atoms with Crippen LogP contribution < -0.4 is 5.32 Å². The Morgan fingerprint density at radius 3 is 2.77 bits per heavy atom. The van der Waals surface area contributed by atoms with Crippen LogP contribution in [0.5, 0.6) is 0 Å². The third-order valence-electron chi connectivity index (χ3n) is 11.6. The van der Waals surface area contributed by atoms with Gasteiger partial charge in [0, 0.05) is 12.0 Å². The van der Waals surface area contributed by atoms with Crippen molar-refractivity contribution in [2.45, 2.75) is 116 Å². The summed E-state index contributed by atoms with van der Waals surface area (Å²) in [6, 6.07) is 0.585. The van der Waals surface area contributed by atoms with Gasteiger partial charge in [-0.15, -0.1) is 0 Å². The average Bonchev–Trinajstić information content (AvgIpc) is 3.18. The molecule has 6 rings (SSSR count). The van der Waals surface area contributed by atoms with Crippen molar-refractivity contribution >= 4 is 0 Å². The number of nitrogens with one attached hydrogen (secondary N) is 1. The van der Waals surface area contributed by atoms with Crippen molar-refractivity contribution < 1.29 is 4.74 Å². The zero-order valence-electron chi connectivity index (χ0n) is 20.0. The van der Waals surface area contributed by atoms with Gasteiger partial charge in [-0.05, 0) is 106 Å². The Morgan fingerprint density at radius 1 is 1.03 bits per heavy atom. The summed E-state index contributed by atoms with van der Waals surface area (Å²) in [6.07, 6.45) is 16.1. The maximum absolute atomic E-state index is 7.04. The summed E-state index contributed by atoms with van der Waals surface area (Å²) in [5.41, 5.74) is 4.39. The van der Waals surface area contributed by atoms with Gasteiger partial charge >= 0.3 is 0 Å². The molecule has 0 aromatic heterocycles. The standard InChI is InChI=1S/C28H45NO/c1-17-13-25-26(29-16-17)19(3)28(30-25)12-10-21-22-9-8-20-7-5-6-11-27(20,4)24(22)14-23(21)18(2)15-28/h17,19-22,24-26,29H,5-16H2,1-4H3/t17-,19+,20-,21?,22-,24?,25+,26-,27-,28-/m0/s1. The van der Waals surface area contributed by atoms with Gasteiger partial charge < -0.3 is 10.1 Å². The van der Waals surface area contributed by atoms with Crippen LogP contribution in [0.3, 0.4) is 0 Å². The Labute approximate surface area is 185 Å². The molecule has 2 aliphatic heterocycles. The van der Waals surface area contributed by atoms with Gasteiger partial charge in [-0.1, -0.05) is 44.8 Å². The number of hydrogen-bond donors (Lipinski definition) is 1. The summed E-state index contributed by atoms with van der Waals surface area (Å²) in [5.74, 6) is 5.25. The molecule has 1 N–H and O–H groups in total. The molecular formula is C28H45NO.